The van der Waals surface area contributed by atoms with E-state index in [1.807, 2.05) is 0 Å². The van der Waals surface area contributed by atoms with Crippen LogP contribution in [0.4, 0.5) is 11.4 Å². The van der Waals surface area contributed by atoms with Gasteiger partial charge in [0.25, 0.3) is 5.69 Å². The first-order chi connectivity index (χ1) is 9.04. The molecular weight excluding hydrogens is 250 g/mol. The lowest BCUT2D eigenvalue weighted by Crippen LogP contribution is -2.54. The SMILES string of the molecule is CC1C(=O)NCCN1c1ccc(CO)cc1[N+](=O)[O-]. The highest BCUT2D eigenvalue weighted by Crippen LogP contribution is 2.31. The zero-order valence-corrected chi connectivity index (χ0v) is 10.5. The first-order valence-corrected chi connectivity index (χ1v) is 5.97. The number of nitro groups is 1. The Morgan fingerprint density at radius 3 is 2.95 bits per heavy atom. The fourth-order valence-corrected chi connectivity index (χ4v) is 2.17. The van der Waals surface area contributed by atoms with Crippen molar-refractivity contribution >= 4 is 17.3 Å². The van der Waals surface area contributed by atoms with Crippen LogP contribution >= 0.6 is 0 Å². The summed E-state index contributed by atoms with van der Waals surface area (Å²) in [6.45, 7) is 2.43. The zero-order valence-electron chi connectivity index (χ0n) is 10.5. The van der Waals surface area contributed by atoms with Crippen molar-refractivity contribution in [3.05, 3.63) is 33.9 Å². The number of carbonyl (C=O) groups excluding carboxylic acids is 1. The number of carbonyl (C=O) groups is 1. The molecule has 0 bridgehead atoms. The van der Waals surface area contributed by atoms with E-state index in [0.29, 0.717) is 24.3 Å². The van der Waals surface area contributed by atoms with Gasteiger partial charge >= 0.3 is 0 Å². The number of nitrogens with one attached hydrogen (secondary N) is 1. The van der Waals surface area contributed by atoms with Gasteiger partial charge in [-0.1, -0.05) is 6.07 Å². The van der Waals surface area contributed by atoms with Gasteiger partial charge in [-0.2, -0.15) is 0 Å². The molecule has 0 saturated carbocycles. The maximum atomic E-state index is 11.6. The van der Waals surface area contributed by atoms with E-state index in [1.54, 1.807) is 24.0 Å². The summed E-state index contributed by atoms with van der Waals surface area (Å²) in [5.41, 5.74) is 0.794. The van der Waals surface area contributed by atoms with Crippen LogP contribution in [-0.4, -0.2) is 35.1 Å². The number of benzene rings is 1. The summed E-state index contributed by atoms with van der Waals surface area (Å²) in [6, 6.07) is 4.10. The Bertz CT molecular complexity index is 518. The van der Waals surface area contributed by atoms with E-state index in [9.17, 15) is 14.9 Å². The molecule has 1 fully saturated rings. The van der Waals surface area contributed by atoms with Gasteiger partial charge in [-0.05, 0) is 18.6 Å². The van der Waals surface area contributed by atoms with Gasteiger partial charge in [0, 0.05) is 19.2 Å². The van der Waals surface area contributed by atoms with Crippen LogP contribution in [0.15, 0.2) is 18.2 Å². The van der Waals surface area contributed by atoms with E-state index in [-0.39, 0.29) is 18.2 Å². The standard InChI is InChI=1S/C12H15N3O4/c1-8-12(17)13-4-5-14(8)10-3-2-9(7-16)6-11(10)15(18)19/h2-3,6,8,16H,4-5,7H2,1H3,(H,13,17). The van der Waals surface area contributed by atoms with Gasteiger partial charge < -0.3 is 15.3 Å². The van der Waals surface area contributed by atoms with Crippen molar-refractivity contribution in [2.24, 2.45) is 0 Å². The van der Waals surface area contributed by atoms with Crippen molar-refractivity contribution in [3.8, 4) is 0 Å². The highest BCUT2D eigenvalue weighted by atomic mass is 16.6. The average Bonchev–Trinajstić information content (AvgIpc) is 2.41. The van der Waals surface area contributed by atoms with Gasteiger partial charge in [0.2, 0.25) is 5.91 Å². The quantitative estimate of drug-likeness (QED) is 0.609. The maximum Gasteiger partial charge on any atom is 0.292 e. The van der Waals surface area contributed by atoms with E-state index in [0.717, 1.165) is 0 Å². The molecule has 19 heavy (non-hydrogen) atoms. The lowest BCUT2D eigenvalue weighted by atomic mass is 10.1. The largest absolute Gasteiger partial charge is 0.392 e. The monoisotopic (exact) mass is 265 g/mol. The molecular formula is C12H15N3O4. The molecule has 1 heterocycles. The Hall–Kier alpha value is -2.15. The number of hydrogen-bond donors (Lipinski definition) is 2. The van der Waals surface area contributed by atoms with Gasteiger partial charge in [0.15, 0.2) is 0 Å². The molecule has 0 aliphatic carbocycles. The minimum atomic E-state index is -0.492. The highest BCUT2D eigenvalue weighted by molar-refractivity contribution is 5.87. The van der Waals surface area contributed by atoms with E-state index >= 15 is 0 Å². The molecule has 1 aliphatic rings. The van der Waals surface area contributed by atoms with Crippen LogP contribution in [0.2, 0.25) is 0 Å². The Kier molecular flexibility index (Phi) is 3.66. The molecule has 0 radical (unpaired) electrons. The van der Waals surface area contributed by atoms with Crippen molar-refractivity contribution < 1.29 is 14.8 Å². The lowest BCUT2D eigenvalue weighted by Gasteiger charge is -2.34. The molecule has 1 aromatic rings. The Morgan fingerprint density at radius 2 is 2.32 bits per heavy atom. The minimum Gasteiger partial charge on any atom is -0.392 e. The van der Waals surface area contributed by atoms with Crippen LogP contribution in [0, 0.1) is 10.1 Å². The number of hydrogen-bond acceptors (Lipinski definition) is 5. The number of nitro benzene ring substituents is 1. The van der Waals surface area contributed by atoms with Gasteiger partial charge in [0.1, 0.15) is 11.7 Å². The average molecular weight is 265 g/mol. The molecule has 0 spiro atoms. The van der Waals surface area contributed by atoms with Crippen LogP contribution in [0.25, 0.3) is 0 Å². The van der Waals surface area contributed by atoms with Crippen LogP contribution < -0.4 is 10.2 Å². The van der Waals surface area contributed by atoms with Gasteiger partial charge in [-0.3, -0.25) is 14.9 Å². The zero-order chi connectivity index (χ0) is 14.0. The number of rotatable bonds is 3. The third kappa shape index (κ3) is 2.50. The summed E-state index contributed by atoms with van der Waals surface area (Å²) >= 11 is 0. The van der Waals surface area contributed by atoms with Crippen LogP contribution in [0.1, 0.15) is 12.5 Å². The smallest absolute Gasteiger partial charge is 0.292 e. The van der Waals surface area contributed by atoms with Crippen LogP contribution in [0.3, 0.4) is 0 Å². The van der Waals surface area contributed by atoms with Crippen molar-refractivity contribution in [2.75, 3.05) is 18.0 Å². The van der Waals surface area contributed by atoms with Gasteiger partial charge in [-0.15, -0.1) is 0 Å². The summed E-state index contributed by atoms with van der Waals surface area (Å²) in [6.07, 6.45) is 0. The summed E-state index contributed by atoms with van der Waals surface area (Å²) in [4.78, 5) is 24.0. The molecule has 1 unspecified atom stereocenters. The second-order valence-electron chi connectivity index (χ2n) is 4.40. The molecule has 1 atom stereocenters. The molecule has 102 valence electrons. The van der Waals surface area contributed by atoms with Crippen molar-refractivity contribution in [1.82, 2.24) is 5.32 Å². The number of anilines is 1. The van der Waals surface area contributed by atoms with Crippen molar-refractivity contribution in [1.29, 1.82) is 0 Å². The lowest BCUT2D eigenvalue weighted by molar-refractivity contribution is -0.384. The van der Waals surface area contributed by atoms with Crippen molar-refractivity contribution in [3.63, 3.8) is 0 Å². The van der Waals surface area contributed by atoms with Crippen LogP contribution in [0.5, 0.6) is 0 Å². The third-order valence-corrected chi connectivity index (χ3v) is 3.23. The Morgan fingerprint density at radius 1 is 1.58 bits per heavy atom. The fraction of sp³-hybridized carbons (Fsp3) is 0.417. The van der Waals surface area contributed by atoms with E-state index in [2.05, 4.69) is 5.32 Å². The summed E-state index contributed by atoms with van der Waals surface area (Å²) in [5, 5.41) is 22.9. The van der Waals surface area contributed by atoms with Crippen LogP contribution in [-0.2, 0) is 11.4 Å². The molecule has 0 aromatic heterocycles. The highest BCUT2D eigenvalue weighted by Gasteiger charge is 2.30. The van der Waals surface area contributed by atoms with Crippen molar-refractivity contribution in [2.45, 2.75) is 19.6 Å². The second kappa shape index (κ2) is 5.23. The molecule has 1 amide bonds. The third-order valence-electron chi connectivity index (χ3n) is 3.23. The molecule has 7 nitrogen and oxygen atoms in total. The number of nitrogens with zero attached hydrogens (tertiary/aromatic N) is 2. The predicted octanol–water partition coefficient (Wildman–Crippen LogP) is 0.412. The van der Waals surface area contributed by atoms with E-state index in [4.69, 9.17) is 5.11 Å². The molecule has 1 aromatic carbocycles. The topological polar surface area (TPSA) is 95.7 Å². The maximum absolute atomic E-state index is 11.6. The first-order valence-electron chi connectivity index (χ1n) is 5.97. The van der Waals surface area contributed by atoms with E-state index in [1.165, 1.54) is 6.07 Å². The van der Waals surface area contributed by atoms with Gasteiger partial charge in [-0.25, -0.2) is 0 Å². The first kappa shape index (κ1) is 13.3. The number of aliphatic hydroxyl groups is 1. The number of piperazine rings is 1. The number of aliphatic hydroxyl groups excluding tert-OH is 1. The summed E-state index contributed by atoms with van der Waals surface area (Å²) in [7, 11) is 0. The predicted molar refractivity (Wildman–Crippen MR) is 68.8 cm³/mol. The Labute approximate surface area is 110 Å². The molecule has 1 aliphatic heterocycles. The fourth-order valence-electron chi connectivity index (χ4n) is 2.17. The van der Waals surface area contributed by atoms with Gasteiger partial charge in [0.05, 0.1) is 11.5 Å². The Balaban J connectivity index is 2.43. The molecule has 2 N–H and O–H groups in total. The summed E-state index contributed by atoms with van der Waals surface area (Å²) in [5.74, 6) is -0.146. The summed E-state index contributed by atoms with van der Waals surface area (Å²) < 4.78 is 0. The molecule has 7 heteroatoms. The second-order valence-corrected chi connectivity index (χ2v) is 4.40. The number of amides is 1. The molecule has 1 saturated heterocycles. The normalized spacial score (nSPS) is 19.2. The molecule has 2 rings (SSSR count). The minimum absolute atomic E-state index is 0.0897. The van der Waals surface area contributed by atoms with E-state index < -0.39 is 11.0 Å².